The van der Waals surface area contributed by atoms with Crippen molar-refractivity contribution in [1.29, 1.82) is 0 Å². The highest BCUT2D eigenvalue weighted by molar-refractivity contribution is 5.98. The van der Waals surface area contributed by atoms with E-state index in [4.69, 9.17) is 39.9 Å². The lowest BCUT2D eigenvalue weighted by atomic mass is 9.91. The second kappa shape index (κ2) is 43.7. The number of carboxylic acids is 1. The Balaban J connectivity index is 0.000000177. The van der Waals surface area contributed by atoms with Crippen LogP contribution in [-0.2, 0) is 38.0 Å². The molecule has 0 aliphatic carbocycles. The van der Waals surface area contributed by atoms with Crippen LogP contribution in [0, 0.1) is 5.92 Å². The number of aromatic carboxylic acids is 1. The molecule has 0 spiro atoms. The molecule has 0 atom stereocenters. The highest BCUT2D eigenvalue weighted by Gasteiger charge is 2.37. The Labute approximate surface area is 724 Å². The Morgan fingerprint density at radius 2 is 0.637 bits per heavy atom. The molecule has 124 heavy (non-hydrogen) atoms. The van der Waals surface area contributed by atoms with E-state index in [1.54, 1.807) is 95.2 Å². The Bertz CT molecular complexity index is 4730. The predicted molar refractivity (Wildman–Crippen MR) is 467 cm³/mol. The highest BCUT2D eigenvalue weighted by atomic mass is 16.6. The van der Waals surface area contributed by atoms with Crippen LogP contribution in [0.25, 0.3) is 45.0 Å². The Hall–Kier alpha value is -12.2. The van der Waals surface area contributed by atoms with Crippen LogP contribution in [-0.4, -0.2) is 226 Å². The normalized spacial score (nSPS) is 15.8. The molecule has 6 amide bonds. The van der Waals surface area contributed by atoms with Crippen LogP contribution < -0.4 is 16.8 Å². The minimum atomic E-state index is -0.948. The van der Waals surface area contributed by atoms with Gasteiger partial charge in [-0.3, -0.25) is 39.1 Å². The number of likely N-dealkylation sites (tertiary alicyclic amines) is 4. The molecule has 13 heterocycles. The van der Waals surface area contributed by atoms with Gasteiger partial charge in [-0.2, -0.15) is 0 Å². The van der Waals surface area contributed by atoms with Crippen LogP contribution in [0.3, 0.4) is 0 Å². The first-order valence-corrected chi connectivity index (χ1v) is 42.6. The van der Waals surface area contributed by atoms with Gasteiger partial charge in [0.25, 0.3) is 11.8 Å². The third-order valence-corrected chi connectivity index (χ3v) is 21.3. The number of carbonyl (C=O) groups is 10. The molecule has 0 aromatic carbocycles. The quantitative estimate of drug-likeness (QED) is 0.0238. The second-order valence-corrected chi connectivity index (χ2v) is 35.2. The number of amides is 6. The van der Waals surface area contributed by atoms with Crippen molar-refractivity contribution in [2.45, 2.75) is 214 Å². The molecule has 0 saturated carbocycles. The summed E-state index contributed by atoms with van der Waals surface area (Å²) in [5, 5.41) is 12.9. The molecule has 5 saturated heterocycles. The average Bonchev–Trinajstić information content (AvgIpc) is 1.66. The summed E-state index contributed by atoms with van der Waals surface area (Å²) in [6, 6.07) is 22.3. The van der Waals surface area contributed by atoms with E-state index in [2.05, 4.69) is 45.2 Å². The molecular formula is C92H123N15O17. The van der Waals surface area contributed by atoms with Crippen LogP contribution in [0.1, 0.15) is 255 Å². The van der Waals surface area contributed by atoms with Crippen molar-refractivity contribution in [2.24, 2.45) is 17.4 Å². The lowest BCUT2D eigenvalue weighted by molar-refractivity contribution is -0.146. The topological polar surface area (TPSA) is 438 Å². The molecule has 668 valence electrons. The average molecular weight is 1710 g/mol. The van der Waals surface area contributed by atoms with Crippen molar-refractivity contribution in [3.8, 4) is 45.0 Å². The molecule has 32 nitrogen and oxygen atoms in total. The highest BCUT2D eigenvalue weighted by Crippen LogP contribution is 2.39. The van der Waals surface area contributed by atoms with Gasteiger partial charge in [-0.15, -0.1) is 0 Å². The Kier molecular flexibility index (Phi) is 33.7. The van der Waals surface area contributed by atoms with Crippen LogP contribution in [0.4, 0.5) is 19.2 Å². The van der Waals surface area contributed by atoms with Gasteiger partial charge in [0.15, 0.2) is 0 Å². The van der Waals surface area contributed by atoms with E-state index < -0.39 is 40.2 Å². The van der Waals surface area contributed by atoms with Crippen LogP contribution in [0.2, 0.25) is 0 Å². The van der Waals surface area contributed by atoms with E-state index >= 15 is 0 Å². The van der Waals surface area contributed by atoms with Gasteiger partial charge in [0, 0.05) is 199 Å². The standard InChI is InChI=1S/C22H29N3O4.C20H26N4O3.C20H25N3O4.C15H18N4O.C15H25NO5/c1-5-28-20(26)17-14-18(15-6-10-23-11-7-15)24-19(17)16-8-12-25(13-9-16)21(27)29-22(2,3)4;1-20(2,3)27-19(26)24-10-6-14(7-11-24)17-15(18(21)25)12-16(23-17)13-4-8-22-9-5-13;1-20(2,3)27-19(26)23-10-6-14(7-11-23)17-15(18(24)25)12-16(22-17)13-4-8-21-9-5-13;16-15(20)12-9-13(10-1-5-17-6-2-10)19-14(12)11-3-7-18-8-4-11;1-5-20-13(18)10-12(17)11-6-8-16(9-7-11)14(19)21-15(2,3)4/h6-7,10-11,14,16,24H,5,8-9,12-13H2,1-4H3;4-5,8-9,12,14,23H,6-7,10-11H2,1-3H3,(H2,21,25);4-5,8-9,12,14,22H,6-7,10-11H2,1-3H3,(H,24,25);1-2,5-6,9,11,18-19H,3-4,7-8H2,(H2,16,20);11H,5-10H2,1-4H3. The molecule has 5 aliphatic heterocycles. The first-order valence-electron chi connectivity index (χ1n) is 42.6. The van der Waals surface area contributed by atoms with Crippen molar-refractivity contribution in [1.82, 2.24) is 64.8 Å². The van der Waals surface area contributed by atoms with E-state index in [1.165, 1.54) is 0 Å². The lowest BCUT2D eigenvalue weighted by Gasteiger charge is -2.33. The number of rotatable bonds is 17. The van der Waals surface area contributed by atoms with E-state index in [0.717, 1.165) is 119 Å². The predicted octanol–water partition coefficient (Wildman–Crippen LogP) is 15.3. The largest absolute Gasteiger partial charge is 0.478 e. The second-order valence-electron chi connectivity index (χ2n) is 35.2. The number of carbonyl (C=O) groups excluding carboxylic acids is 9. The van der Waals surface area contributed by atoms with Crippen molar-refractivity contribution in [3.05, 3.63) is 167 Å². The number of piperidine rings is 5. The van der Waals surface area contributed by atoms with Crippen molar-refractivity contribution in [2.75, 3.05) is 78.7 Å². The zero-order valence-corrected chi connectivity index (χ0v) is 73.9. The first-order chi connectivity index (χ1) is 58.7. The maximum atomic E-state index is 12.5. The van der Waals surface area contributed by atoms with E-state index in [1.807, 2.05) is 144 Å². The number of pyridine rings is 4. The molecule has 5 fully saturated rings. The third-order valence-electron chi connectivity index (χ3n) is 21.3. The fourth-order valence-corrected chi connectivity index (χ4v) is 15.2. The number of hydrogen-bond donors (Lipinski definition) is 8. The van der Waals surface area contributed by atoms with Gasteiger partial charge in [0.2, 0.25) is 0 Å². The van der Waals surface area contributed by atoms with Gasteiger partial charge < -0.3 is 89.8 Å². The number of nitrogens with two attached hydrogens (primary N) is 2. The van der Waals surface area contributed by atoms with E-state index in [0.29, 0.717) is 107 Å². The van der Waals surface area contributed by atoms with Gasteiger partial charge >= 0.3 is 42.3 Å². The molecule has 0 unspecified atom stereocenters. The fourth-order valence-electron chi connectivity index (χ4n) is 15.2. The maximum Gasteiger partial charge on any atom is 0.410 e. The number of H-pyrrole nitrogens is 4. The van der Waals surface area contributed by atoms with Gasteiger partial charge in [-0.05, 0) is 247 Å². The van der Waals surface area contributed by atoms with Crippen molar-refractivity contribution in [3.63, 3.8) is 0 Å². The summed E-state index contributed by atoms with van der Waals surface area (Å²) in [6.07, 6.45) is 19.8. The van der Waals surface area contributed by atoms with Crippen LogP contribution >= 0.6 is 0 Å². The van der Waals surface area contributed by atoms with Crippen LogP contribution in [0.5, 0.6) is 0 Å². The number of aromatic nitrogens is 8. The number of carboxylic acid groups (broad SMARTS) is 1. The molecule has 13 rings (SSSR count). The lowest BCUT2D eigenvalue weighted by Crippen LogP contribution is -2.43. The Morgan fingerprint density at radius 1 is 0.379 bits per heavy atom. The maximum absolute atomic E-state index is 12.5. The summed E-state index contributed by atoms with van der Waals surface area (Å²) in [4.78, 5) is 156. The molecule has 32 heteroatoms. The van der Waals surface area contributed by atoms with Gasteiger partial charge in [0.05, 0.1) is 35.5 Å². The summed E-state index contributed by atoms with van der Waals surface area (Å²) in [5.74, 6) is -2.12. The SMILES string of the molecule is CC(C)(C)OC(=O)N1CCC(c2[nH]c(-c3ccncc3)cc2C(=O)O)CC1.CC(C)(C)OC(=O)N1CCC(c2[nH]c(-c3ccncc3)cc2C(N)=O)CC1.CCOC(=O)CC(=O)C1CCN(C(=O)OC(C)(C)C)CC1.CCOC(=O)c1cc(-c2ccncc2)[nH]c1C1CCN(C(=O)OC(C)(C)C)CC1.NC(=O)c1cc(-c2ccncc2)[nH]c1C1CCNCC1. The molecule has 0 bridgehead atoms. The molecular weight excluding hydrogens is 1590 g/mol. The van der Waals surface area contributed by atoms with E-state index in [-0.39, 0.29) is 84.3 Å². The van der Waals surface area contributed by atoms with Crippen molar-refractivity contribution >= 4 is 59.9 Å². The number of aromatic amines is 4. The number of nitrogens with one attached hydrogen (secondary N) is 5. The summed E-state index contributed by atoms with van der Waals surface area (Å²) in [6.45, 7) is 32.6. The molecule has 8 aromatic heterocycles. The number of nitrogens with zero attached hydrogens (tertiary/aromatic N) is 8. The number of ketones is 1. The summed E-state index contributed by atoms with van der Waals surface area (Å²) < 4.78 is 31.7. The summed E-state index contributed by atoms with van der Waals surface area (Å²) in [5.41, 5.74) is 21.7. The number of Topliss-reactive ketones (excluding diaryl/α,β-unsaturated/α-hetero) is 1. The molecule has 0 radical (unpaired) electrons. The number of hydrogen-bond acceptors (Lipinski definition) is 21. The number of esters is 2. The van der Waals surface area contributed by atoms with Gasteiger partial charge in [-0.25, -0.2) is 28.8 Å². The minimum Gasteiger partial charge on any atom is -0.478 e. The Morgan fingerprint density at radius 3 is 0.911 bits per heavy atom. The third kappa shape index (κ3) is 28.4. The molecule has 10 N–H and O–H groups in total. The minimum absolute atomic E-state index is 0.0605. The monoisotopic (exact) mass is 1710 g/mol. The fraction of sp³-hybridized carbons (Fsp3) is 0.500. The molecule has 5 aliphatic rings. The summed E-state index contributed by atoms with van der Waals surface area (Å²) in [7, 11) is 0. The van der Waals surface area contributed by atoms with Crippen molar-refractivity contribution < 1.29 is 81.5 Å². The molecule has 8 aromatic rings. The van der Waals surface area contributed by atoms with Gasteiger partial charge in [0.1, 0.15) is 34.6 Å². The first kappa shape index (κ1) is 95.6. The number of ether oxygens (including phenoxy) is 6. The van der Waals surface area contributed by atoms with Gasteiger partial charge in [-0.1, -0.05) is 0 Å². The van der Waals surface area contributed by atoms with Crippen LogP contribution in [0.15, 0.2) is 122 Å². The van der Waals surface area contributed by atoms with E-state index in [9.17, 15) is 53.1 Å². The zero-order valence-electron chi connectivity index (χ0n) is 73.9. The smallest absolute Gasteiger partial charge is 0.410 e. The zero-order chi connectivity index (χ0) is 90.2. The number of primary amides is 2. The summed E-state index contributed by atoms with van der Waals surface area (Å²) >= 11 is 0.